The van der Waals surface area contributed by atoms with Crippen LogP contribution in [-0.2, 0) is 9.53 Å². The summed E-state index contributed by atoms with van der Waals surface area (Å²) in [4.78, 5) is 29.2. The van der Waals surface area contributed by atoms with E-state index in [1.165, 1.54) is 7.11 Å². The van der Waals surface area contributed by atoms with Gasteiger partial charge in [-0.1, -0.05) is 0 Å². The second-order valence-corrected chi connectivity index (χ2v) is 6.09. The van der Waals surface area contributed by atoms with Crippen LogP contribution < -0.4 is 10.6 Å². The summed E-state index contributed by atoms with van der Waals surface area (Å²) in [5, 5.41) is 7.50. The highest BCUT2D eigenvalue weighted by Crippen LogP contribution is 2.25. The Balaban J connectivity index is 1.67. The third-order valence-corrected chi connectivity index (χ3v) is 4.40. The first kappa shape index (κ1) is 16.3. The fourth-order valence-electron chi connectivity index (χ4n) is 3.08. The number of esters is 1. The van der Waals surface area contributed by atoms with Crippen molar-refractivity contribution in [3.63, 3.8) is 0 Å². The Morgan fingerprint density at radius 3 is 2.81 bits per heavy atom. The number of carbonyl (C=O) groups is 1. The van der Waals surface area contributed by atoms with E-state index < -0.39 is 0 Å². The van der Waals surface area contributed by atoms with Crippen LogP contribution >= 0.6 is 0 Å². The number of anilines is 1. The van der Waals surface area contributed by atoms with Crippen molar-refractivity contribution in [2.75, 3.05) is 19.0 Å². The quantitative estimate of drug-likeness (QED) is 0.681. The minimum atomic E-state index is -0.299. The summed E-state index contributed by atoms with van der Waals surface area (Å²) in [6.07, 6.45) is 7.49. The van der Waals surface area contributed by atoms with Crippen LogP contribution in [0.1, 0.15) is 6.42 Å². The van der Waals surface area contributed by atoms with Gasteiger partial charge in [0.1, 0.15) is 11.9 Å². The topological polar surface area (TPSA) is 102 Å². The molecule has 4 rings (SSSR count). The molecule has 1 fully saturated rings. The zero-order valence-corrected chi connectivity index (χ0v) is 14.2. The number of rotatable bonds is 4. The van der Waals surface area contributed by atoms with Gasteiger partial charge in [-0.2, -0.15) is 0 Å². The van der Waals surface area contributed by atoms with Gasteiger partial charge in [-0.25, -0.2) is 9.97 Å². The number of fused-ring (bicyclic) bond motifs is 1. The summed E-state index contributed by atoms with van der Waals surface area (Å²) < 4.78 is 4.81. The van der Waals surface area contributed by atoms with Crippen LogP contribution in [0.25, 0.3) is 22.3 Å². The molecule has 132 valence electrons. The molecule has 3 aromatic heterocycles. The summed E-state index contributed by atoms with van der Waals surface area (Å²) >= 11 is 0. The highest BCUT2D eigenvalue weighted by molar-refractivity contribution is 5.90. The SMILES string of the molecule is COC(=O)[C@@H]1C[C@H](Nc2nc(-c3ccncc3)nc3cnccc23)CN1. The lowest BCUT2D eigenvalue weighted by atomic mass is 10.1. The van der Waals surface area contributed by atoms with Crippen LogP contribution in [-0.4, -0.2) is 51.6 Å². The van der Waals surface area contributed by atoms with Crippen molar-refractivity contribution < 1.29 is 9.53 Å². The van der Waals surface area contributed by atoms with Crippen molar-refractivity contribution in [2.45, 2.75) is 18.5 Å². The fourth-order valence-corrected chi connectivity index (χ4v) is 3.08. The summed E-state index contributed by atoms with van der Waals surface area (Å²) in [6, 6.07) is 5.38. The van der Waals surface area contributed by atoms with Crippen LogP contribution in [0.4, 0.5) is 5.82 Å². The Kier molecular flexibility index (Phi) is 4.40. The molecule has 3 aromatic rings. The van der Waals surface area contributed by atoms with Crippen molar-refractivity contribution in [1.29, 1.82) is 0 Å². The second kappa shape index (κ2) is 7.01. The standard InChI is InChI=1S/C18H18N6O2/c1-26-18(25)14-8-12(9-21-14)22-17-13-4-7-20-10-15(13)23-16(24-17)11-2-5-19-6-3-11/h2-7,10,12,14,21H,8-9H2,1H3,(H,22,23,24)/t12-,14-/m0/s1. The number of methoxy groups -OCH3 is 1. The largest absolute Gasteiger partial charge is 0.468 e. The Hall–Kier alpha value is -3.13. The molecule has 0 aliphatic carbocycles. The average Bonchev–Trinajstić information content (AvgIpc) is 3.16. The Morgan fingerprint density at radius 1 is 1.19 bits per heavy atom. The predicted molar refractivity (Wildman–Crippen MR) is 96.4 cm³/mol. The van der Waals surface area contributed by atoms with Crippen molar-refractivity contribution in [3.8, 4) is 11.4 Å². The predicted octanol–water partition coefficient (Wildman–Crippen LogP) is 1.40. The monoisotopic (exact) mass is 350 g/mol. The molecule has 2 N–H and O–H groups in total. The molecule has 2 atom stereocenters. The molecule has 0 spiro atoms. The molecular formula is C18H18N6O2. The molecule has 8 nitrogen and oxygen atoms in total. The Bertz CT molecular complexity index is 933. The minimum Gasteiger partial charge on any atom is -0.468 e. The fraction of sp³-hybridized carbons (Fsp3) is 0.278. The lowest BCUT2D eigenvalue weighted by Gasteiger charge is -2.15. The van der Waals surface area contributed by atoms with E-state index in [-0.39, 0.29) is 18.1 Å². The van der Waals surface area contributed by atoms with Gasteiger partial charge < -0.3 is 15.4 Å². The molecule has 0 saturated carbocycles. The van der Waals surface area contributed by atoms with Crippen molar-refractivity contribution in [2.24, 2.45) is 0 Å². The Labute approximate surface area is 150 Å². The summed E-state index contributed by atoms with van der Waals surface area (Å²) in [7, 11) is 1.40. The number of carbonyl (C=O) groups excluding carboxylic acids is 1. The first-order valence-electron chi connectivity index (χ1n) is 8.34. The van der Waals surface area contributed by atoms with E-state index in [1.54, 1.807) is 24.8 Å². The van der Waals surface area contributed by atoms with Gasteiger partial charge in [0.15, 0.2) is 5.82 Å². The minimum absolute atomic E-state index is 0.0654. The van der Waals surface area contributed by atoms with E-state index in [4.69, 9.17) is 9.72 Å². The molecule has 0 amide bonds. The van der Waals surface area contributed by atoms with Gasteiger partial charge >= 0.3 is 5.97 Å². The van der Waals surface area contributed by atoms with Crippen molar-refractivity contribution in [1.82, 2.24) is 25.3 Å². The highest BCUT2D eigenvalue weighted by atomic mass is 16.5. The van der Waals surface area contributed by atoms with Crippen LogP contribution in [0.2, 0.25) is 0 Å². The molecule has 0 unspecified atom stereocenters. The molecule has 1 aliphatic rings. The first-order chi connectivity index (χ1) is 12.7. The maximum absolute atomic E-state index is 11.7. The molecule has 0 bridgehead atoms. The zero-order valence-electron chi connectivity index (χ0n) is 14.2. The van der Waals surface area contributed by atoms with Crippen LogP contribution in [0.3, 0.4) is 0 Å². The van der Waals surface area contributed by atoms with E-state index in [9.17, 15) is 4.79 Å². The summed E-state index contributed by atoms with van der Waals surface area (Å²) in [6.45, 7) is 0.654. The van der Waals surface area contributed by atoms with Gasteiger partial charge in [-0.15, -0.1) is 0 Å². The number of ether oxygens (including phenoxy) is 1. The van der Waals surface area contributed by atoms with Crippen molar-refractivity contribution in [3.05, 3.63) is 43.0 Å². The van der Waals surface area contributed by atoms with E-state index in [1.807, 2.05) is 18.2 Å². The van der Waals surface area contributed by atoms with E-state index >= 15 is 0 Å². The summed E-state index contributed by atoms with van der Waals surface area (Å²) in [5.41, 5.74) is 1.64. The number of nitrogens with zero attached hydrogens (tertiary/aromatic N) is 4. The lowest BCUT2D eigenvalue weighted by molar-refractivity contribution is -0.142. The zero-order chi connectivity index (χ0) is 17.9. The molecule has 26 heavy (non-hydrogen) atoms. The maximum atomic E-state index is 11.7. The van der Waals surface area contributed by atoms with Crippen molar-refractivity contribution >= 4 is 22.7 Å². The summed E-state index contributed by atoms with van der Waals surface area (Å²) in [5.74, 6) is 1.08. The smallest absolute Gasteiger partial charge is 0.322 e. The number of hydrogen-bond donors (Lipinski definition) is 2. The Morgan fingerprint density at radius 2 is 2.00 bits per heavy atom. The van der Waals surface area contributed by atoms with Gasteiger partial charge in [0, 0.05) is 42.1 Å². The van der Waals surface area contributed by atoms with Crippen LogP contribution in [0.15, 0.2) is 43.0 Å². The number of hydrogen-bond acceptors (Lipinski definition) is 8. The molecule has 8 heteroatoms. The van der Waals surface area contributed by atoms with Gasteiger partial charge in [-0.05, 0) is 24.6 Å². The van der Waals surface area contributed by atoms with E-state index in [0.717, 1.165) is 22.3 Å². The van der Waals surface area contributed by atoms with Crippen LogP contribution in [0.5, 0.6) is 0 Å². The second-order valence-electron chi connectivity index (χ2n) is 6.09. The molecule has 1 saturated heterocycles. The molecule has 4 heterocycles. The normalized spacial score (nSPS) is 19.4. The van der Waals surface area contributed by atoms with E-state index in [0.29, 0.717) is 18.8 Å². The number of aromatic nitrogens is 4. The number of nitrogens with one attached hydrogen (secondary N) is 2. The first-order valence-corrected chi connectivity index (χ1v) is 8.34. The van der Waals surface area contributed by atoms with Gasteiger partial charge in [-0.3, -0.25) is 14.8 Å². The van der Waals surface area contributed by atoms with E-state index in [2.05, 4.69) is 25.6 Å². The third-order valence-electron chi connectivity index (χ3n) is 4.40. The molecule has 0 radical (unpaired) electrons. The third kappa shape index (κ3) is 3.18. The van der Waals surface area contributed by atoms with Gasteiger partial charge in [0.25, 0.3) is 0 Å². The highest BCUT2D eigenvalue weighted by Gasteiger charge is 2.30. The molecule has 0 aromatic carbocycles. The van der Waals surface area contributed by atoms with Gasteiger partial charge in [0.2, 0.25) is 0 Å². The average molecular weight is 350 g/mol. The molecular weight excluding hydrogens is 332 g/mol. The number of pyridine rings is 2. The lowest BCUT2D eigenvalue weighted by Crippen LogP contribution is -2.31. The van der Waals surface area contributed by atoms with Crippen LogP contribution in [0, 0.1) is 0 Å². The molecule has 1 aliphatic heterocycles. The van der Waals surface area contributed by atoms with Gasteiger partial charge in [0.05, 0.1) is 18.8 Å². The maximum Gasteiger partial charge on any atom is 0.322 e.